The van der Waals surface area contributed by atoms with Crippen molar-refractivity contribution in [2.45, 2.75) is 65.2 Å². The second kappa shape index (κ2) is 24.1. The Bertz CT molecular complexity index is 2530. The maximum absolute atomic E-state index is 13.4. The van der Waals surface area contributed by atoms with Gasteiger partial charge in [0.25, 0.3) is 5.78 Å². The number of esters is 2. The van der Waals surface area contributed by atoms with E-state index in [0.29, 0.717) is 74.0 Å². The Morgan fingerprint density at radius 2 is 1.30 bits per heavy atom. The Morgan fingerprint density at radius 3 is 1.88 bits per heavy atom. The Kier molecular flexibility index (Phi) is 18.7. The molecule has 2 aliphatic carbocycles. The van der Waals surface area contributed by atoms with E-state index in [1.54, 1.807) is 85.3 Å². The van der Waals surface area contributed by atoms with E-state index in [1.165, 1.54) is 24.3 Å². The summed E-state index contributed by atoms with van der Waals surface area (Å²) in [5.74, 6) is 1.01. The molecule has 0 bridgehead atoms. The number of nitrogens with two attached hydrogens (primary N) is 1. The molecule has 1 saturated carbocycles. The molecule has 0 aliphatic heterocycles. The second-order valence-electron chi connectivity index (χ2n) is 14.6. The van der Waals surface area contributed by atoms with Gasteiger partial charge in [0.1, 0.15) is 11.6 Å². The number of hydrogen-bond acceptors (Lipinski definition) is 9. The van der Waals surface area contributed by atoms with Crippen LogP contribution in [0, 0.1) is 17.6 Å². The van der Waals surface area contributed by atoms with Gasteiger partial charge in [-0.05, 0) is 154 Å². The minimum absolute atomic E-state index is 0.101. The predicted octanol–water partition coefficient (Wildman–Crippen LogP) is 12.1. The quantitative estimate of drug-likeness (QED) is 0.0216. The number of nitrogens with zero attached hydrogens (tertiary/aromatic N) is 2. The van der Waals surface area contributed by atoms with Gasteiger partial charge in [0.2, 0.25) is 0 Å². The van der Waals surface area contributed by atoms with E-state index in [4.69, 9.17) is 61.7 Å². The largest absolute Gasteiger partial charge is 0.461 e. The SMILES string of the molecule is CCOC(=O)C(=O)C1CCCC/C(=C\c2ccc(F)cc2)C1=O.CCOC(=O)c1nn(-c2ccc(Cl)cc2Cl)c2c1CCCC/C2=C\c1ccc(F)cc1.NNc1ccc(Cl)cc1Cl. The average molecular weight is 955 g/mol. The fourth-order valence-corrected chi connectivity index (χ4v) is 8.04. The first-order valence-electron chi connectivity index (χ1n) is 20.6. The molecule has 1 atom stereocenters. The van der Waals surface area contributed by atoms with Gasteiger partial charge in [-0.2, -0.15) is 5.10 Å². The van der Waals surface area contributed by atoms with Crippen molar-refractivity contribution in [3.63, 3.8) is 0 Å². The fourth-order valence-electron chi connectivity index (χ4n) is 7.09. The maximum Gasteiger partial charge on any atom is 0.375 e. The molecule has 5 aromatic rings. The number of anilines is 1. The average Bonchev–Trinajstić information content (AvgIpc) is 3.38. The third-order valence-corrected chi connectivity index (χ3v) is 11.2. The molecule has 1 fully saturated rings. The molecule has 10 nitrogen and oxygen atoms in total. The molecule has 1 unspecified atom stereocenters. The van der Waals surface area contributed by atoms with E-state index in [9.17, 15) is 28.0 Å². The number of hydrazine groups is 1. The lowest BCUT2D eigenvalue weighted by Gasteiger charge is -2.13. The molecular weight excluding hydrogens is 908 g/mol. The monoisotopic (exact) mass is 952 g/mol. The lowest BCUT2D eigenvalue weighted by atomic mass is 9.91. The summed E-state index contributed by atoms with van der Waals surface area (Å²) in [4.78, 5) is 49.0. The Labute approximate surface area is 390 Å². The van der Waals surface area contributed by atoms with Crippen LogP contribution in [0.15, 0.2) is 90.5 Å². The molecule has 1 aromatic heterocycles. The summed E-state index contributed by atoms with van der Waals surface area (Å²) in [7, 11) is 0. The summed E-state index contributed by atoms with van der Waals surface area (Å²) in [5, 5.41) is 6.70. The zero-order chi connectivity index (χ0) is 46.3. The van der Waals surface area contributed by atoms with Crippen molar-refractivity contribution in [3.8, 4) is 5.69 Å². The van der Waals surface area contributed by atoms with Crippen LogP contribution in [0.3, 0.4) is 0 Å². The molecule has 336 valence electrons. The molecule has 2 aliphatic rings. The van der Waals surface area contributed by atoms with Gasteiger partial charge in [0.15, 0.2) is 11.5 Å². The molecule has 64 heavy (non-hydrogen) atoms. The number of rotatable bonds is 9. The van der Waals surface area contributed by atoms with Gasteiger partial charge >= 0.3 is 11.9 Å². The minimum atomic E-state index is -0.969. The van der Waals surface area contributed by atoms with Crippen LogP contribution in [0.25, 0.3) is 23.4 Å². The van der Waals surface area contributed by atoms with E-state index >= 15 is 0 Å². The van der Waals surface area contributed by atoms with Gasteiger partial charge in [0.05, 0.1) is 46.2 Å². The first kappa shape index (κ1) is 49.6. The number of hydrogen-bond donors (Lipinski definition) is 2. The molecule has 1 heterocycles. The molecule has 0 spiro atoms. The van der Waals surface area contributed by atoms with Crippen LogP contribution < -0.4 is 11.3 Å². The van der Waals surface area contributed by atoms with Crippen molar-refractivity contribution in [1.29, 1.82) is 0 Å². The first-order chi connectivity index (χ1) is 30.7. The third-order valence-electron chi connectivity index (χ3n) is 10.1. The summed E-state index contributed by atoms with van der Waals surface area (Å²) >= 11 is 23.9. The Balaban J connectivity index is 0.000000204. The van der Waals surface area contributed by atoms with Crippen LogP contribution in [-0.2, 0) is 30.3 Å². The lowest BCUT2D eigenvalue weighted by Crippen LogP contribution is -2.31. The van der Waals surface area contributed by atoms with Crippen molar-refractivity contribution in [3.05, 3.63) is 150 Å². The van der Waals surface area contributed by atoms with Gasteiger partial charge in [-0.15, -0.1) is 0 Å². The van der Waals surface area contributed by atoms with E-state index in [1.807, 2.05) is 6.08 Å². The van der Waals surface area contributed by atoms with Gasteiger partial charge < -0.3 is 14.9 Å². The van der Waals surface area contributed by atoms with Gasteiger partial charge in [-0.25, -0.2) is 23.1 Å². The molecule has 0 amide bonds. The highest BCUT2D eigenvalue weighted by molar-refractivity contribution is 6.39. The van der Waals surface area contributed by atoms with Crippen LogP contribution in [-0.4, -0.2) is 46.5 Å². The Morgan fingerprint density at radius 1 is 0.750 bits per heavy atom. The van der Waals surface area contributed by atoms with Crippen molar-refractivity contribution < 1.29 is 37.4 Å². The number of Topliss-reactive ketones (excluding diaryl/α,β-unsaturated/α-hetero) is 2. The van der Waals surface area contributed by atoms with Crippen LogP contribution in [0.5, 0.6) is 0 Å². The van der Waals surface area contributed by atoms with Gasteiger partial charge in [-0.1, -0.05) is 77.1 Å². The van der Waals surface area contributed by atoms with Gasteiger partial charge in [0, 0.05) is 15.6 Å². The highest BCUT2D eigenvalue weighted by Crippen LogP contribution is 2.37. The maximum atomic E-state index is 13.4. The van der Waals surface area contributed by atoms with Crippen LogP contribution in [0.2, 0.25) is 20.1 Å². The van der Waals surface area contributed by atoms with E-state index in [0.717, 1.165) is 48.1 Å². The summed E-state index contributed by atoms with van der Waals surface area (Å²) in [6.45, 7) is 3.74. The van der Waals surface area contributed by atoms with Crippen molar-refractivity contribution in [2.75, 3.05) is 18.6 Å². The molecule has 7 rings (SSSR count). The van der Waals surface area contributed by atoms with E-state index < -0.39 is 23.6 Å². The summed E-state index contributed by atoms with van der Waals surface area (Å²) < 4.78 is 38.0. The smallest absolute Gasteiger partial charge is 0.375 e. The van der Waals surface area contributed by atoms with Crippen LogP contribution >= 0.6 is 46.4 Å². The number of carbonyl (C=O) groups excluding carboxylic acids is 4. The van der Waals surface area contributed by atoms with Crippen molar-refractivity contribution >= 4 is 93.3 Å². The highest BCUT2D eigenvalue weighted by Gasteiger charge is 2.35. The standard InChI is InChI=1S/C24H21Cl2FN2O2.C18H19FO4.C6H6Cl2N2/c1-2-31-24(30)22-19-6-4-3-5-16(13-15-7-10-18(27)11-8-15)23(19)29(28-22)21-12-9-17(25)14-20(21)26;1-2-23-18(22)17(21)15-6-4-3-5-13(16(15)20)11-12-7-9-14(19)10-8-12;7-4-1-2-6(10-9)5(8)3-4/h7-14H,2-6H2,1H3;7-11,15H,2-6H2,1H3;1-3,10H,9H2/b16-13+;13-11+;. The summed E-state index contributed by atoms with van der Waals surface area (Å²) in [5.41, 5.74) is 8.78. The Hall–Kier alpha value is -5.37. The number of ether oxygens (including phenoxy) is 2. The molecule has 4 aromatic carbocycles. The fraction of sp³-hybridized carbons (Fsp3) is 0.271. The zero-order valence-corrected chi connectivity index (χ0v) is 38.1. The van der Waals surface area contributed by atoms with Crippen molar-refractivity contribution in [2.24, 2.45) is 11.8 Å². The van der Waals surface area contributed by atoms with Gasteiger partial charge in [-0.3, -0.25) is 15.4 Å². The lowest BCUT2D eigenvalue weighted by molar-refractivity contribution is -0.156. The second-order valence-corrected chi connectivity index (χ2v) is 16.3. The number of benzene rings is 4. The molecule has 16 heteroatoms. The summed E-state index contributed by atoms with van der Waals surface area (Å²) in [6, 6.07) is 22.3. The topological polar surface area (TPSA) is 143 Å². The number of nitrogen functional groups attached to an aromatic ring is 1. The molecule has 0 radical (unpaired) electrons. The van der Waals surface area contributed by atoms with E-state index in [2.05, 4.69) is 10.5 Å². The number of nitrogens with one attached hydrogen (secondary N) is 1. The van der Waals surface area contributed by atoms with E-state index in [-0.39, 0.29) is 30.6 Å². The number of ketones is 2. The minimum Gasteiger partial charge on any atom is -0.461 e. The number of allylic oxidation sites excluding steroid dienone is 2. The zero-order valence-electron chi connectivity index (χ0n) is 35.1. The van der Waals surface area contributed by atoms with Crippen LogP contribution in [0.1, 0.15) is 91.7 Å². The van der Waals surface area contributed by atoms with Crippen LogP contribution in [0.4, 0.5) is 14.5 Å². The normalized spacial score (nSPS) is 16.0. The molecule has 0 saturated heterocycles. The third kappa shape index (κ3) is 13.3. The highest BCUT2D eigenvalue weighted by atomic mass is 35.5. The summed E-state index contributed by atoms with van der Waals surface area (Å²) in [6.07, 6.45) is 9.42. The number of halogens is 6. The first-order valence-corrected chi connectivity index (χ1v) is 22.1. The van der Waals surface area contributed by atoms with Crippen molar-refractivity contribution in [1.82, 2.24) is 9.78 Å². The molecular formula is C48H46Cl4F2N4O6. The number of fused-ring (bicyclic) bond motifs is 1. The number of aromatic nitrogens is 2. The molecule has 3 N–H and O–H groups in total. The predicted molar refractivity (Wildman–Crippen MR) is 249 cm³/mol. The number of carbonyl (C=O) groups is 4.